The predicted octanol–water partition coefficient (Wildman–Crippen LogP) is 3.56. The van der Waals surface area contributed by atoms with Gasteiger partial charge in [0.2, 0.25) is 0 Å². The molecule has 0 fully saturated rings. The molecule has 2 aromatic rings. The number of hydrogen-bond acceptors (Lipinski definition) is 4. The summed E-state index contributed by atoms with van der Waals surface area (Å²) in [5.74, 6) is 1.59. The molecule has 5 heteroatoms. The minimum absolute atomic E-state index is 0.0494. The lowest BCUT2D eigenvalue weighted by molar-refractivity contribution is 0.559. The lowest BCUT2D eigenvalue weighted by Gasteiger charge is -2.21. The molecule has 4 nitrogen and oxygen atoms in total. The van der Waals surface area contributed by atoms with Crippen LogP contribution < -0.4 is 5.32 Å². The van der Waals surface area contributed by atoms with Gasteiger partial charge in [-0.15, -0.1) is 0 Å². The van der Waals surface area contributed by atoms with Gasteiger partial charge in [-0.25, -0.2) is 9.97 Å². The van der Waals surface area contributed by atoms with Gasteiger partial charge in [0, 0.05) is 24.4 Å². The SMILES string of the molecule is CNc1nc(Cc2ccccn2)nc(C(C)(C)C)c1Br. The van der Waals surface area contributed by atoms with E-state index in [9.17, 15) is 0 Å². The standard InChI is InChI=1S/C15H19BrN4/c1-15(2,3)13-12(16)14(17-4)20-11(19-13)9-10-7-5-6-8-18-10/h5-8H,9H2,1-4H3,(H,17,19,20). The Bertz CT molecular complexity index is 591. The van der Waals surface area contributed by atoms with Crippen LogP contribution in [0.25, 0.3) is 0 Å². The molecule has 2 rings (SSSR count). The summed E-state index contributed by atoms with van der Waals surface area (Å²) in [4.78, 5) is 13.6. The van der Waals surface area contributed by atoms with Crippen LogP contribution in [0.5, 0.6) is 0 Å². The van der Waals surface area contributed by atoms with E-state index in [1.165, 1.54) is 0 Å². The minimum atomic E-state index is -0.0494. The third-order valence-electron chi connectivity index (χ3n) is 2.91. The molecule has 2 heterocycles. The summed E-state index contributed by atoms with van der Waals surface area (Å²) in [6.07, 6.45) is 2.42. The van der Waals surface area contributed by atoms with Crippen molar-refractivity contribution in [3.8, 4) is 0 Å². The molecule has 0 aromatic carbocycles. The van der Waals surface area contributed by atoms with Crippen LogP contribution in [0, 0.1) is 0 Å². The molecule has 0 radical (unpaired) electrons. The van der Waals surface area contributed by atoms with Crippen LogP contribution in [0.1, 0.15) is 38.0 Å². The molecule has 0 saturated carbocycles. The lowest BCUT2D eigenvalue weighted by Crippen LogP contribution is -2.18. The maximum Gasteiger partial charge on any atom is 0.144 e. The van der Waals surface area contributed by atoms with Crippen LogP contribution in [0.4, 0.5) is 5.82 Å². The predicted molar refractivity (Wildman–Crippen MR) is 85.0 cm³/mol. The third kappa shape index (κ3) is 3.33. The summed E-state index contributed by atoms with van der Waals surface area (Å²) < 4.78 is 0.928. The first-order valence-corrected chi connectivity index (χ1v) is 7.35. The van der Waals surface area contributed by atoms with Gasteiger partial charge in [0.25, 0.3) is 0 Å². The second-order valence-corrected chi connectivity index (χ2v) is 6.44. The molecular weight excluding hydrogens is 316 g/mol. The van der Waals surface area contributed by atoms with Crippen molar-refractivity contribution < 1.29 is 0 Å². The van der Waals surface area contributed by atoms with Crippen molar-refractivity contribution in [3.63, 3.8) is 0 Å². The van der Waals surface area contributed by atoms with E-state index in [0.717, 1.165) is 27.5 Å². The van der Waals surface area contributed by atoms with Crippen molar-refractivity contribution >= 4 is 21.7 Å². The van der Waals surface area contributed by atoms with Crippen molar-refractivity contribution in [2.75, 3.05) is 12.4 Å². The highest BCUT2D eigenvalue weighted by molar-refractivity contribution is 9.10. The maximum absolute atomic E-state index is 4.71. The summed E-state index contributed by atoms with van der Waals surface area (Å²) in [7, 11) is 1.87. The molecule has 106 valence electrons. The Morgan fingerprint density at radius 2 is 1.95 bits per heavy atom. The Hall–Kier alpha value is -1.49. The zero-order chi connectivity index (χ0) is 14.8. The summed E-state index contributed by atoms with van der Waals surface area (Å²) in [6, 6.07) is 5.87. The lowest BCUT2D eigenvalue weighted by atomic mass is 9.92. The Labute approximate surface area is 128 Å². The van der Waals surface area contributed by atoms with E-state index < -0.39 is 0 Å². The highest BCUT2D eigenvalue weighted by Crippen LogP contribution is 2.32. The topological polar surface area (TPSA) is 50.7 Å². The molecule has 0 amide bonds. The molecule has 0 aliphatic carbocycles. The number of hydrogen-bond donors (Lipinski definition) is 1. The van der Waals surface area contributed by atoms with E-state index in [2.05, 4.69) is 52.0 Å². The van der Waals surface area contributed by atoms with Crippen molar-refractivity contribution in [2.45, 2.75) is 32.6 Å². The molecule has 2 aromatic heterocycles. The van der Waals surface area contributed by atoms with Crippen molar-refractivity contribution in [1.29, 1.82) is 0 Å². The zero-order valence-corrected chi connectivity index (χ0v) is 13.8. The molecule has 20 heavy (non-hydrogen) atoms. The number of aromatic nitrogens is 3. The van der Waals surface area contributed by atoms with E-state index in [1.807, 2.05) is 25.2 Å². The highest BCUT2D eigenvalue weighted by atomic mass is 79.9. The van der Waals surface area contributed by atoms with E-state index >= 15 is 0 Å². The fourth-order valence-electron chi connectivity index (χ4n) is 1.90. The summed E-state index contributed by atoms with van der Waals surface area (Å²) in [6.45, 7) is 6.43. The van der Waals surface area contributed by atoms with Gasteiger partial charge in [-0.1, -0.05) is 26.8 Å². The van der Waals surface area contributed by atoms with E-state index in [1.54, 1.807) is 6.20 Å². The van der Waals surface area contributed by atoms with Crippen molar-refractivity contribution in [2.24, 2.45) is 0 Å². The van der Waals surface area contributed by atoms with Crippen LogP contribution in [0.2, 0.25) is 0 Å². The monoisotopic (exact) mass is 334 g/mol. The number of rotatable bonds is 3. The average Bonchev–Trinajstić information content (AvgIpc) is 2.40. The third-order valence-corrected chi connectivity index (χ3v) is 3.66. The summed E-state index contributed by atoms with van der Waals surface area (Å²) in [5.41, 5.74) is 1.92. The van der Waals surface area contributed by atoms with E-state index in [-0.39, 0.29) is 5.41 Å². The molecule has 0 unspecified atom stereocenters. The number of halogens is 1. The average molecular weight is 335 g/mol. The second-order valence-electron chi connectivity index (χ2n) is 5.65. The smallest absolute Gasteiger partial charge is 0.144 e. The van der Waals surface area contributed by atoms with Crippen molar-refractivity contribution in [1.82, 2.24) is 15.0 Å². The number of nitrogens with zero attached hydrogens (tertiary/aromatic N) is 3. The van der Waals surface area contributed by atoms with Gasteiger partial charge in [0.05, 0.1) is 16.6 Å². The van der Waals surface area contributed by atoms with Gasteiger partial charge in [0.15, 0.2) is 0 Å². The van der Waals surface area contributed by atoms with Gasteiger partial charge < -0.3 is 5.32 Å². The zero-order valence-electron chi connectivity index (χ0n) is 12.2. The van der Waals surface area contributed by atoms with Crippen LogP contribution in [-0.4, -0.2) is 22.0 Å². The summed E-state index contributed by atoms with van der Waals surface area (Å²) in [5, 5.41) is 3.12. The van der Waals surface area contributed by atoms with Crippen LogP contribution in [0.3, 0.4) is 0 Å². The van der Waals surface area contributed by atoms with Gasteiger partial charge >= 0.3 is 0 Å². The number of pyridine rings is 1. The number of nitrogens with one attached hydrogen (secondary N) is 1. The summed E-state index contributed by atoms with van der Waals surface area (Å²) >= 11 is 3.59. The first-order chi connectivity index (χ1) is 9.41. The van der Waals surface area contributed by atoms with E-state index in [4.69, 9.17) is 4.98 Å². The normalized spacial score (nSPS) is 11.4. The maximum atomic E-state index is 4.71. The molecule has 0 bridgehead atoms. The molecule has 0 atom stereocenters. The molecule has 0 aliphatic rings. The van der Waals surface area contributed by atoms with Crippen LogP contribution in [0.15, 0.2) is 28.9 Å². The fourth-order valence-corrected chi connectivity index (χ4v) is 2.87. The first kappa shape index (κ1) is 14.9. The van der Waals surface area contributed by atoms with Crippen LogP contribution in [-0.2, 0) is 11.8 Å². The Morgan fingerprint density at radius 1 is 1.20 bits per heavy atom. The first-order valence-electron chi connectivity index (χ1n) is 6.56. The van der Waals surface area contributed by atoms with Gasteiger partial charge in [-0.3, -0.25) is 4.98 Å². The van der Waals surface area contributed by atoms with E-state index in [0.29, 0.717) is 6.42 Å². The fraction of sp³-hybridized carbons (Fsp3) is 0.400. The molecule has 0 saturated heterocycles. The highest BCUT2D eigenvalue weighted by Gasteiger charge is 2.23. The Kier molecular flexibility index (Phi) is 4.38. The quantitative estimate of drug-likeness (QED) is 0.932. The molecule has 0 spiro atoms. The molecule has 1 N–H and O–H groups in total. The van der Waals surface area contributed by atoms with Crippen LogP contribution >= 0.6 is 15.9 Å². The largest absolute Gasteiger partial charge is 0.372 e. The van der Waals surface area contributed by atoms with Gasteiger partial charge in [-0.2, -0.15) is 0 Å². The minimum Gasteiger partial charge on any atom is -0.372 e. The van der Waals surface area contributed by atoms with Crippen molar-refractivity contribution in [3.05, 3.63) is 46.1 Å². The van der Waals surface area contributed by atoms with Gasteiger partial charge in [-0.05, 0) is 28.1 Å². The molecule has 0 aliphatic heterocycles. The number of anilines is 1. The Morgan fingerprint density at radius 3 is 2.50 bits per heavy atom. The molecular formula is C15H19BrN4. The second kappa shape index (κ2) is 5.87. The van der Waals surface area contributed by atoms with Gasteiger partial charge in [0.1, 0.15) is 11.6 Å². The Balaban J connectivity index is 2.44.